The van der Waals surface area contributed by atoms with Crippen molar-refractivity contribution in [3.63, 3.8) is 0 Å². The van der Waals surface area contributed by atoms with Crippen LogP contribution in [-0.2, 0) is 4.79 Å². The highest BCUT2D eigenvalue weighted by atomic mass is 35.5. The number of nitrogens with one attached hydrogen (secondary N) is 2. The van der Waals surface area contributed by atoms with E-state index in [0.717, 1.165) is 16.8 Å². The quantitative estimate of drug-likeness (QED) is 0.566. The number of fused-ring (bicyclic) bond motifs is 1. The molecule has 0 fully saturated rings. The Balaban J connectivity index is 1.57. The lowest BCUT2D eigenvalue weighted by molar-refractivity contribution is -0.127. The van der Waals surface area contributed by atoms with Gasteiger partial charge >= 0.3 is 0 Å². The van der Waals surface area contributed by atoms with Crippen molar-refractivity contribution in [3.8, 4) is 5.75 Å². The summed E-state index contributed by atoms with van der Waals surface area (Å²) in [5, 5.41) is 5.05. The number of carbonyl (C=O) groups is 2. The van der Waals surface area contributed by atoms with Gasteiger partial charge in [0.15, 0.2) is 6.61 Å². The third-order valence-corrected chi connectivity index (χ3v) is 5.58. The highest BCUT2D eigenvalue weighted by Gasteiger charge is 2.34. The molecule has 7 nitrogen and oxygen atoms in total. The zero-order valence-corrected chi connectivity index (χ0v) is 19.4. The number of hydrazine groups is 1. The van der Waals surface area contributed by atoms with E-state index < -0.39 is 12.1 Å². The predicted molar refractivity (Wildman–Crippen MR) is 130 cm³/mol. The molecule has 0 spiro atoms. The highest BCUT2D eigenvalue weighted by Crippen LogP contribution is 2.34. The van der Waals surface area contributed by atoms with Gasteiger partial charge in [-0.05, 0) is 55.0 Å². The summed E-state index contributed by atoms with van der Waals surface area (Å²) in [6.45, 7) is 1.74. The molecule has 1 aliphatic heterocycles. The van der Waals surface area contributed by atoms with Crippen LogP contribution in [0.2, 0.25) is 5.02 Å². The lowest BCUT2D eigenvalue weighted by Gasteiger charge is -2.38. The standard InChI is InChI=1S/C25H25ClN4O3/c1-16-4-11-20(12-5-16)33-15-23(31)28-30-24(17-6-9-19(10-7-17)29(2)3)27-22-13-8-18(26)14-21(22)25(30)32/h4-14,24,27H,15H2,1-3H3,(H,28,31). The van der Waals surface area contributed by atoms with E-state index in [-0.39, 0.29) is 12.5 Å². The fourth-order valence-electron chi connectivity index (χ4n) is 3.53. The number of ether oxygens (including phenoxy) is 1. The molecular weight excluding hydrogens is 440 g/mol. The lowest BCUT2D eigenvalue weighted by atomic mass is 10.0. The third-order valence-electron chi connectivity index (χ3n) is 5.34. The number of rotatable bonds is 6. The monoisotopic (exact) mass is 464 g/mol. The second kappa shape index (κ2) is 9.42. The predicted octanol–water partition coefficient (Wildman–Crippen LogP) is 4.39. The highest BCUT2D eigenvalue weighted by molar-refractivity contribution is 6.31. The Bertz CT molecular complexity index is 1160. The summed E-state index contributed by atoms with van der Waals surface area (Å²) in [6, 6.07) is 20.2. The van der Waals surface area contributed by atoms with Crippen molar-refractivity contribution in [1.29, 1.82) is 0 Å². The maximum Gasteiger partial charge on any atom is 0.276 e. The first-order chi connectivity index (χ1) is 15.8. The summed E-state index contributed by atoms with van der Waals surface area (Å²) in [6.07, 6.45) is -0.606. The molecule has 1 atom stereocenters. The van der Waals surface area contributed by atoms with Crippen LogP contribution in [0.25, 0.3) is 0 Å². The number of amides is 2. The number of halogens is 1. The number of aryl methyl sites for hydroxylation is 1. The van der Waals surface area contributed by atoms with E-state index in [1.807, 2.05) is 62.3 Å². The molecule has 3 aromatic carbocycles. The van der Waals surface area contributed by atoms with Crippen LogP contribution in [0.4, 0.5) is 11.4 Å². The molecule has 4 rings (SSSR count). The van der Waals surface area contributed by atoms with Gasteiger partial charge in [-0.15, -0.1) is 0 Å². The molecule has 1 heterocycles. The lowest BCUT2D eigenvalue weighted by Crippen LogP contribution is -2.53. The summed E-state index contributed by atoms with van der Waals surface area (Å²) in [5.41, 5.74) is 6.66. The normalized spacial score (nSPS) is 14.8. The average molecular weight is 465 g/mol. The van der Waals surface area contributed by atoms with Crippen LogP contribution >= 0.6 is 11.6 Å². The molecule has 2 amide bonds. The fraction of sp³-hybridized carbons (Fsp3) is 0.200. The van der Waals surface area contributed by atoms with Crippen LogP contribution in [0.15, 0.2) is 66.7 Å². The smallest absolute Gasteiger partial charge is 0.276 e. The van der Waals surface area contributed by atoms with Crippen LogP contribution in [0.5, 0.6) is 5.75 Å². The van der Waals surface area contributed by atoms with Crippen molar-refractivity contribution in [1.82, 2.24) is 10.4 Å². The zero-order chi connectivity index (χ0) is 23.5. The topological polar surface area (TPSA) is 73.9 Å². The van der Waals surface area contributed by atoms with E-state index in [1.165, 1.54) is 5.01 Å². The van der Waals surface area contributed by atoms with Crippen molar-refractivity contribution < 1.29 is 14.3 Å². The molecule has 0 bridgehead atoms. The first kappa shape index (κ1) is 22.5. The van der Waals surface area contributed by atoms with Gasteiger partial charge in [0.05, 0.1) is 5.56 Å². The average Bonchev–Trinajstić information content (AvgIpc) is 2.81. The molecular formula is C25H25ClN4O3. The van der Waals surface area contributed by atoms with Gasteiger partial charge in [0.1, 0.15) is 11.9 Å². The van der Waals surface area contributed by atoms with Crippen molar-refractivity contribution in [2.45, 2.75) is 13.1 Å². The largest absolute Gasteiger partial charge is 0.484 e. The molecule has 170 valence electrons. The van der Waals surface area contributed by atoms with Gasteiger partial charge in [0, 0.05) is 30.5 Å². The Morgan fingerprint density at radius 1 is 1.09 bits per heavy atom. The summed E-state index contributed by atoms with van der Waals surface area (Å²) in [7, 11) is 3.91. The number of carbonyl (C=O) groups excluding carboxylic acids is 2. The Morgan fingerprint density at radius 2 is 1.79 bits per heavy atom. The Hall–Kier alpha value is -3.71. The van der Waals surface area contributed by atoms with Crippen molar-refractivity contribution in [2.75, 3.05) is 30.9 Å². The minimum absolute atomic E-state index is 0.235. The van der Waals surface area contributed by atoms with E-state index >= 15 is 0 Å². The zero-order valence-electron chi connectivity index (χ0n) is 18.6. The van der Waals surface area contributed by atoms with E-state index in [9.17, 15) is 9.59 Å². The van der Waals surface area contributed by atoms with Gasteiger partial charge in [-0.2, -0.15) is 0 Å². The second-order valence-corrected chi connectivity index (χ2v) is 8.47. The van der Waals surface area contributed by atoms with Crippen LogP contribution < -0.4 is 20.4 Å². The maximum absolute atomic E-state index is 13.3. The summed E-state index contributed by atoms with van der Waals surface area (Å²) >= 11 is 6.11. The molecule has 0 aliphatic carbocycles. The Kier molecular flexibility index (Phi) is 6.42. The summed E-state index contributed by atoms with van der Waals surface area (Å²) < 4.78 is 5.57. The van der Waals surface area contributed by atoms with Gasteiger partial charge in [-0.1, -0.05) is 41.4 Å². The van der Waals surface area contributed by atoms with Crippen LogP contribution in [0, 0.1) is 6.92 Å². The first-order valence-corrected chi connectivity index (χ1v) is 10.9. The molecule has 0 saturated heterocycles. The van der Waals surface area contributed by atoms with E-state index in [0.29, 0.717) is 22.0 Å². The summed E-state index contributed by atoms with van der Waals surface area (Å²) in [5.74, 6) is -0.241. The number of nitrogens with zero attached hydrogens (tertiary/aromatic N) is 2. The van der Waals surface area contributed by atoms with Crippen molar-refractivity contribution in [3.05, 3.63) is 88.4 Å². The van der Waals surface area contributed by atoms with Crippen LogP contribution in [0.1, 0.15) is 27.7 Å². The molecule has 0 saturated carbocycles. The second-order valence-electron chi connectivity index (χ2n) is 8.03. The molecule has 0 aromatic heterocycles. The number of benzene rings is 3. The first-order valence-electron chi connectivity index (χ1n) is 10.5. The molecule has 33 heavy (non-hydrogen) atoms. The van der Waals surface area contributed by atoms with E-state index in [1.54, 1.807) is 30.3 Å². The third kappa shape index (κ3) is 5.04. The molecule has 8 heteroatoms. The Labute approximate surface area is 197 Å². The molecule has 2 N–H and O–H groups in total. The summed E-state index contributed by atoms with van der Waals surface area (Å²) in [4.78, 5) is 28.0. The van der Waals surface area contributed by atoms with E-state index in [2.05, 4.69) is 10.7 Å². The van der Waals surface area contributed by atoms with Gasteiger partial charge < -0.3 is 15.0 Å². The molecule has 0 radical (unpaired) electrons. The molecule has 3 aromatic rings. The molecule has 1 unspecified atom stereocenters. The van der Waals surface area contributed by atoms with Gasteiger partial charge in [-0.25, -0.2) is 5.01 Å². The SMILES string of the molecule is Cc1ccc(OCC(=O)NN2C(=O)c3cc(Cl)ccc3NC2c2ccc(N(C)C)cc2)cc1. The number of hydrogen-bond donors (Lipinski definition) is 2. The minimum Gasteiger partial charge on any atom is -0.484 e. The fourth-order valence-corrected chi connectivity index (χ4v) is 3.70. The van der Waals surface area contributed by atoms with Crippen molar-refractivity contribution >= 4 is 34.8 Å². The Morgan fingerprint density at radius 3 is 2.45 bits per heavy atom. The molecule has 1 aliphatic rings. The number of hydrogen-bond acceptors (Lipinski definition) is 5. The van der Waals surface area contributed by atoms with Gasteiger partial charge in [-0.3, -0.25) is 15.0 Å². The maximum atomic E-state index is 13.3. The van der Waals surface area contributed by atoms with Gasteiger partial charge in [0.2, 0.25) is 0 Å². The minimum atomic E-state index is -0.606. The van der Waals surface area contributed by atoms with Crippen LogP contribution in [-0.4, -0.2) is 37.5 Å². The van der Waals surface area contributed by atoms with Crippen molar-refractivity contribution in [2.24, 2.45) is 0 Å². The van der Waals surface area contributed by atoms with Crippen LogP contribution in [0.3, 0.4) is 0 Å². The number of anilines is 2. The van der Waals surface area contributed by atoms with Gasteiger partial charge in [0.25, 0.3) is 11.8 Å². The van der Waals surface area contributed by atoms with E-state index in [4.69, 9.17) is 16.3 Å².